The van der Waals surface area contributed by atoms with Crippen LogP contribution in [0.25, 0.3) is 11.0 Å². The number of hydrogen-bond donors (Lipinski definition) is 3. The molecule has 0 unspecified atom stereocenters. The van der Waals surface area contributed by atoms with Crippen molar-refractivity contribution in [3.05, 3.63) is 41.6 Å². The van der Waals surface area contributed by atoms with Gasteiger partial charge in [0, 0.05) is 29.8 Å². The Labute approximate surface area is 191 Å². The summed E-state index contributed by atoms with van der Waals surface area (Å²) in [6, 6.07) is 3.74. The van der Waals surface area contributed by atoms with Gasteiger partial charge in [-0.25, -0.2) is 14.4 Å². The van der Waals surface area contributed by atoms with Crippen LogP contribution in [0.5, 0.6) is 0 Å². The molecule has 1 aliphatic heterocycles. The van der Waals surface area contributed by atoms with E-state index in [0.717, 1.165) is 43.4 Å². The van der Waals surface area contributed by atoms with Crippen LogP contribution in [-0.4, -0.2) is 51.2 Å². The summed E-state index contributed by atoms with van der Waals surface area (Å²) in [5.74, 6) is 0.285. The van der Waals surface area contributed by atoms with Gasteiger partial charge in [-0.15, -0.1) is 0 Å². The fourth-order valence-electron chi connectivity index (χ4n) is 4.11. The predicted octanol–water partition coefficient (Wildman–Crippen LogP) is 3.90. The van der Waals surface area contributed by atoms with Crippen LogP contribution in [0.1, 0.15) is 39.0 Å². The molecule has 2 atom stereocenters. The fourth-order valence-corrected chi connectivity index (χ4v) is 4.33. The van der Waals surface area contributed by atoms with E-state index in [1.807, 2.05) is 0 Å². The minimum Gasteiger partial charge on any atom is -0.374 e. The number of aromatic amines is 1. The summed E-state index contributed by atoms with van der Waals surface area (Å²) >= 11 is 5.98. The van der Waals surface area contributed by atoms with Crippen LogP contribution in [-0.2, 0) is 4.79 Å². The lowest BCUT2D eigenvalue weighted by atomic mass is 10.0. The number of H-pyrrole nitrogens is 1. The molecule has 0 aliphatic carbocycles. The van der Waals surface area contributed by atoms with Crippen LogP contribution >= 0.6 is 11.6 Å². The number of anilines is 2. The molecule has 0 bridgehead atoms. The lowest BCUT2D eigenvalue weighted by Gasteiger charge is -2.35. The number of rotatable bonds is 8. The Morgan fingerprint density at radius 3 is 3.06 bits per heavy atom. The second kappa shape index (κ2) is 10.1. The molecule has 0 radical (unpaired) electrons. The van der Waals surface area contributed by atoms with Crippen LogP contribution < -0.4 is 15.5 Å². The molecule has 170 valence electrons. The number of carbonyl (C=O) groups is 1. The number of aromatic nitrogens is 4. The van der Waals surface area contributed by atoms with Crippen molar-refractivity contribution in [3.63, 3.8) is 0 Å². The summed E-state index contributed by atoms with van der Waals surface area (Å²) in [5.41, 5.74) is 1.19. The van der Waals surface area contributed by atoms with E-state index < -0.39 is 11.9 Å². The average molecular weight is 460 g/mol. The molecule has 3 N–H and O–H groups in total. The van der Waals surface area contributed by atoms with Crippen LogP contribution in [0.15, 0.2) is 30.7 Å². The smallest absolute Gasteiger partial charge is 0.242 e. The Hall–Kier alpha value is -2.94. The molecule has 1 saturated heterocycles. The Bertz CT molecular complexity index is 1060. The maximum Gasteiger partial charge on any atom is 0.242 e. The summed E-state index contributed by atoms with van der Waals surface area (Å²) in [6.07, 6.45) is 7.54. The summed E-state index contributed by atoms with van der Waals surface area (Å²) < 4.78 is 13.7. The van der Waals surface area contributed by atoms with Crippen LogP contribution in [0.3, 0.4) is 0 Å². The van der Waals surface area contributed by atoms with Crippen LogP contribution in [0.4, 0.5) is 15.9 Å². The molecule has 1 aromatic carbocycles. The number of amides is 1. The zero-order valence-electron chi connectivity index (χ0n) is 17.9. The lowest BCUT2D eigenvalue weighted by Crippen LogP contribution is -2.51. The third-order valence-corrected chi connectivity index (χ3v) is 5.88. The molecule has 3 aromatic rings. The molecule has 0 saturated carbocycles. The predicted molar refractivity (Wildman–Crippen MR) is 123 cm³/mol. The summed E-state index contributed by atoms with van der Waals surface area (Å²) in [7, 11) is 0. The van der Waals surface area contributed by atoms with E-state index in [9.17, 15) is 9.18 Å². The van der Waals surface area contributed by atoms with Crippen LogP contribution in [0, 0.1) is 5.82 Å². The molecular formula is C22H27ClFN7O. The molecule has 0 spiro atoms. The highest BCUT2D eigenvalue weighted by molar-refractivity contribution is 6.30. The Morgan fingerprint density at radius 1 is 1.38 bits per heavy atom. The first kappa shape index (κ1) is 22.3. The third-order valence-electron chi connectivity index (χ3n) is 5.66. The van der Waals surface area contributed by atoms with Crippen LogP contribution in [0.2, 0.25) is 5.02 Å². The van der Waals surface area contributed by atoms with Gasteiger partial charge in [0.05, 0.1) is 11.6 Å². The number of unbranched alkanes of at least 4 members (excludes halogenated alkanes) is 1. The number of halogens is 2. The van der Waals surface area contributed by atoms with E-state index in [1.54, 1.807) is 12.3 Å². The summed E-state index contributed by atoms with van der Waals surface area (Å²) in [4.78, 5) is 24.0. The van der Waals surface area contributed by atoms with Crippen molar-refractivity contribution in [2.45, 2.75) is 51.1 Å². The monoisotopic (exact) mass is 459 g/mol. The number of carbonyl (C=O) groups excluding carboxylic acids is 1. The van der Waals surface area contributed by atoms with E-state index in [2.05, 4.69) is 42.6 Å². The topological polar surface area (TPSA) is 98.8 Å². The number of nitrogens with zero attached hydrogens (tertiary/aromatic N) is 4. The lowest BCUT2D eigenvalue weighted by molar-refractivity contribution is -0.122. The van der Waals surface area contributed by atoms with E-state index in [1.165, 1.54) is 18.5 Å². The average Bonchev–Trinajstić information content (AvgIpc) is 3.25. The number of nitrogens with one attached hydrogen (secondary N) is 3. The minimum atomic E-state index is -0.470. The van der Waals surface area contributed by atoms with Crippen molar-refractivity contribution >= 4 is 40.0 Å². The van der Waals surface area contributed by atoms with E-state index >= 15 is 0 Å². The Kier molecular flexibility index (Phi) is 7.04. The third kappa shape index (κ3) is 5.27. The number of fused-ring (bicyclic) bond motifs is 1. The Balaban J connectivity index is 1.44. The standard InChI is InChI=1S/C22H27ClFN7O/c1-2-3-6-19(28-17-9-14(23)8-15(24)10-17)22(32)29-16-5-4-7-31(12-16)21-18-11-27-30-20(18)25-13-26-21/h8-11,13,16,19,28H,2-7,12H2,1H3,(H,29,32)(H,25,26,27,30)/t16-,19-/m1/s1. The van der Waals surface area contributed by atoms with Gasteiger partial charge in [0.1, 0.15) is 24.0 Å². The maximum absolute atomic E-state index is 13.7. The second-order valence-electron chi connectivity index (χ2n) is 8.12. The van der Waals surface area contributed by atoms with Gasteiger partial charge in [-0.3, -0.25) is 9.89 Å². The van der Waals surface area contributed by atoms with Gasteiger partial charge in [-0.05, 0) is 37.5 Å². The summed E-state index contributed by atoms with van der Waals surface area (Å²) in [6.45, 7) is 3.57. The van der Waals surface area contributed by atoms with Gasteiger partial charge in [-0.2, -0.15) is 5.10 Å². The van der Waals surface area contributed by atoms with Crippen molar-refractivity contribution in [1.29, 1.82) is 0 Å². The quantitative estimate of drug-likeness (QED) is 0.472. The molecule has 2 aromatic heterocycles. The zero-order valence-corrected chi connectivity index (χ0v) is 18.7. The highest BCUT2D eigenvalue weighted by atomic mass is 35.5. The first-order valence-electron chi connectivity index (χ1n) is 11.0. The maximum atomic E-state index is 13.7. The molecule has 1 fully saturated rings. The van der Waals surface area contributed by atoms with Gasteiger partial charge < -0.3 is 15.5 Å². The van der Waals surface area contributed by atoms with Gasteiger partial charge in [0.2, 0.25) is 5.91 Å². The number of piperidine rings is 1. The summed E-state index contributed by atoms with van der Waals surface area (Å²) in [5, 5.41) is 14.4. The highest BCUT2D eigenvalue weighted by Crippen LogP contribution is 2.25. The van der Waals surface area contributed by atoms with Gasteiger partial charge in [0.25, 0.3) is 0 Å². The van der Waals surface area contributed by atoms with Crippen molar-refractivity contribution in [2.75, 3.05) is 23.3 Å². The normalized spacial score (nSPS) is 17.3. The van der Waals surface area contributed by atoms with Crippen molar-refractivity contribution < 1.29 is 9.18 Å². The SMILES string of the molecule is CCCC[C@@H](Nc1cc(F)cc(Cl)c1)C(=O)N[C@@H]1CCCN(c2ncnc3[nH]ncc23)C1. The van der Waals surface area contributed by atoms with E-state index in [4.69, 9.17) is 11.6 Å². The van der Waals surface area contributed by atoms with Gasteiger partial charge in [0.15, 0.2) is 5.65 Å². The molecule has 4 rings (SSSR count). The van der Waals surface area contributed by atoms with E-state index in [0.29, 0.717) is 29.3 Å². The minimum absolute atomic E-state index is 0.0183. The number of benzene rings is 1. The molecular weight excluding hydrogens is 433 g/mol. The molecule has 32 heavy (non-hydrogen) atoms. The second-order valence-corrected chi connectivity index (χ2v) is 8.56. The first-order chi connectivity index (χ1) is 15.5. The van der Waals surface area contributed by atoms with Crippen molar-refractivity contribution in [3.8, 4) is 0 Å². The number of hydrogen-bond acceptors (Lipinski definition) is 6. The first-order valence-corrected chi connectivity index (χ1v) is 11.3. The van der Waals surface area contributed by atoms with E-state index in [-0.39, 0.29) is 11.9 Å². The van der Waals surface area contributed by atoms with Gasteiger partial charge in [-0.1, -0.05) is 31.4 Å². The van der Waals surface area contributed by atoms with Crippen molar-refractivity contribution in [2.24, 2.45) is 0 Å². The largest absolute Gasteiger partial charge is 0.374 e. The Morgan fingerprint density at radius 2 is 2.25 bits per heavy atom. The molecule has 1 amide bonds. The zero-order chi connectivity index (χ0) is 22.5. The highest BCUT2D eigenvalue weighted by Gasteiger charge is 2.27. The molecule has 10 heteroatoms. The molecule has 3 heterocycles. The molecule has 8 nitrogen and oxygen atoms in total. The van der Waals surface area contributed by atoms with Gasteiger partial charge >= 0.3 is 0 Å². The fraction of sp³-hybridized carbons (Fsp3) is 0.455. The molecule has 1 aliphatic rings. The van der Waals surface area contributed by atoms with Crippen molar-refractivity contribution in [1.82, 2.24) is 25.5 Å².